The van der Waals surface area contributed by atoms with Crippen molar-refractivity contribution in [2.45, 2.75) is 0 Å². The molecule has 0 aromatic heterocycles. The lowest BCUT2D eigenvalue weighted by Crippen LogP contribution is -2.32. The predicted octanol–water partition coefficient (Wildman–Crippen LogP) is 0.447. The molecule has 8 nitrogen and oxygen atoms in total. The summed E-state index contributed by atoms with van der Waals surface area (Å²) in [5, 5.41) is 8.74. The average Bonchev–Trinajstić information content (AvgIpc) is 2.36. The first-order chi connectivity index (χ1) is 8.90. The van der Waals surface area contributed by atoms with Crippen molar-refractivity contribution in [3.63, 3.8) is 0 Å². The SMILES string of the molecule is NN(S)C(=O)COC(=O)Oc1cccc(C(=O)O)c1. The smallest absolute Gasteiger partial charge is 0.478 e. The van der Waals surface area contributed by atoms with E-state index in [1.807, 2.05) is 0 Å². The zero-order valence-electron chi connectivity index (χ0n) is 9.48. The molecule has 0 saturated heterocycles. The number of carbonyl (C=O) groups is 3. The molecule has 0 aliphatic rings. The minimum Gasteiger partial charge on any atom is -0.478 e. The summed E-state index contributed by atoms with van der Waals surface area (Å²) in [4.78, 5) is 32.8. The highest BCUT2D eigenvalue weighted by Gasteiger charge is 2.13. The Balaban J connectivity index is 2.55. The number of hydrogen-bond acceptors (Lipinski definition) is 7. The van der Waals surface area contributed by atoms with Crippen LogP contribution in [-0.4, -0.2) is 34.2 Å². The highest BCUT2D eigenvalue weighted by Crippen LogP contribution is 2.13. The Morgan fingerprint density at radius 3 is 2.63 bits per heavy atom. The Morgan fingerprint density at radius 1 is 1.37 bits per heavy atom. The van der Waals surface area contributed by atoms with Gasteiger partial charge in [0.2, 0.25) is 0 Å². The molecular weight excluding hydrogens is 276 g/mol. The van der Waals surface area contributed by atoms with E-state index in [0.29, 0.717) is 4.41 Å². The average molecular weight is 286 g/mol. The molecule has 0 aliphatic heterocycles. The number of hydrazine groups is 1. The molecule has 1 aromatic rings. The topological polar surface area (TPSA) is 119 Å². The van der Waals surface area contributed by atoms with Crippen LogP contribution < -0.4 is 10.6 Å². The zero-order valence-corrected chi connectivity index (χ0v) is 10.4. The monoisotopic (exact) mass is 286 g/mol. The molecule has 0 heterocycles. The first-order valence-electron chi connectivity index (χ1n) is 4.84. The van der Waals surface area contributed by atoms with Crippen molar-refractivity contribution >= 4 is 30.8 Å². The lowest BCUT2D eigenvalue weighted by Gasteiger charge is -2.09. The minimum absolute atomic E-state index is 0.0205. The lowest BCUT2D eigenvalue weighted by molar-refractivity contribution is -0.129. The van der Waals surface area contributed by atoms with Crippen LogP contribution >= 0.6 is 12.8 Å². The maximum absolute atomic E-state index is 11.2. The van der Waals surface area contributed by atoms with Gasteiger partial charge in [0, 0.05) is 0 Å². The molecule has 0 radical (unpaired) electrons. The van der Waals surface area contributed by atoms with Gasteiger partial charge in [-0.15, -0.1) is 0 Å². The number of amides is 1. The molecule has 1 rings (SSSR count). The third-order valence-electron chi connectivity index (χ3n) is 1.85. The van der Waals surface area contributed by atoms with Crippen molar-refractivity contribution in [3.05, 3.63) is 29.8 Å². The van der Waals surface area contributed by atoms with Gasteiger partial charge in [-0.3, -0.25) is 4.79 Å². The predicted molar refractivity (Wildman–Crippen MR) is 65.4 cm³/mol. The number of carbonyl (C=O) groups excluding carboxylic acids is 2. The van der Waals surface area contributed by atoms with Crippen LogP contribution in [0, 0.1) is 0 Å². The highest BCUT2D eigenvalue weighted by molar-refractivity contribution is 7.78. The first kappa shape index (κ1) is 14.8. The van der Waals surface area contributed by atoms with Crippen LogP contribution in [0.4, 0.5) is 4.79 Å². The number of carboxylic acid groups (broad SMARTS) is 1. The van der Waals surface area contributed by atoms with Crippen LogP contribution in [0.15, 0.2) is 24.3 Å². The molecule has 0 aliphatic carbocycles. The number of nitrogens with zero attached hydrogens (tertiary/aromatic N) is 1. The quantitative estimate of drug-likeness (QED) is 0.183. The van der Waals surface area contributed by atoms with Crippen LogP contribution in [0.1, 0.15) is 10.4 Å². The van der Waals surface area contributed by atoms with Gasteiger partial charge < -0.3 is 14.6 Å². The van der Waals surface area contributed by atoms with E-state index in [1.54, 1.807) is 0 Å². The number of benzene rings is 1. The molecule has 9 heteroatoms. The maximum Gasteiger partial charge on any atom is 0.514 e. The van der Waals surface area contributed by atoms with Crippen LogP contribution in [0.2, 0.25) is 0 Å². The zero-order chi connectivity index (χ0) is 14.4. The molecular formula is C10H10N2O6S. The largest absolute Gasteiger partial charge is 0.514 e. The van der Waals surface area contributed by atoms with Crippen LogP contribution in [0.25, 0.3) is 0 Å². The number of aromatic carboxylic acids is 1. The van der Waals surface area contributed by atoms with Gasteiger partial charge in [0.25, 0.3) is 5.91 Å². The second kappa shape index (κ2) is 6.61. The van der Waals surface area contributed by atoms with Gasteiger partial charge in [-0.1, -0.05) is 6.07 Å². The Kier molecular flexibility index (Phi) is 5.15. The number of hydrogen-bond donors (Lipinski definition) is 3. The van der Waals surface area contributed by atoms with Crippen molar-refractivity contribution in [2.24, 2.45) is 5.84 Å². The fourth-order valence-corrected chi connectivity index (χ4v) is 1.06. The van der Waals surface area contributed by atoms with Gasteiger partial charge in [-0.2, -0.15) is 0 Å². The van der Waals surface area contributed by atoms with Gasteiger partial charge >= 0.3 is 12.1 Å². The summed E-state index contributed by atoms with van der Waals surface area (Å²) in [5.41, 5.74) is -0.0510. The van der Waals surface area contributed by atoms with E-state index in [-0.39, 0.29) is 11.3 Å². The first-order valence-corrected chi connectivity index (χ1v) is 5.24. The molecule has 3 N–H and O–H groups in total. The minimum atomic E-state index is -1.16. The maximum atomic E-state index is 11.2. The van der Waals surface area contributed by atoms with Gasteiger partial charge in [-0.05, 0) is 31.0 Å². The van der Waals surface area contributed by atoms with E-state index in [2.05, 4.69) is 22.3 Å². The number of nitrogens with two attached hydrogens (primary N) is 1. The van der Waals surface area contributed by atoms with E-state index in [4.69, 9.17) is 10.9 Å². The van der Waals surface area contributed by atoms with E-state index < -0.39 is 24.6 Å². The Labute approximate surface area is 113 Å². The molecule has 0 spiro atoms. The standard InChI is InChI=1S/C10H10N2O6S/c11-12(19)8(13)5-17-10(16)18-7-3-1-2-6(4-7)9(14)15/h1-4,19H,5,11H2,(H,14,15). The fourth-order valence-electron chi connectivity index (χ4n) is 1.01. The molecule has 0 saturated carbocycles. The number of carboxylic acids is 1. The van der Waals surface area contributed by atoms with Gasteiger partial charge in [-0.25, -0.2) is 19.8 Å². The molecule has 1 aromatic carbocycles. The number of rotatable bonds is 4. The van der Waals surface area contributed by atoms with Crippen molar-refractivity contribution in [3.8, 4) is 5.75 Å². The van der Waals surface area contributed by atoms with Crippen molar-refractivity contribution < 1.29 is 29.0 Å². The van der Waals surface area contributed by atoms with E-state index in [9.17, 15) is 14.4 Å². The third-order valence-corrected chi connectivity index (χ3v) is 2.07. The summed E-state index contributed by atoms with van der Waals surface area (Å²) < 4.78 is 9.57. The molecule has 102 valence electrons. The number of ether oxygens (including phenoxy) is 2. The van der Waals surface area contributed by atoms with E-state index in [1.165, 1.54) is 18.2 Å². The van der Waals surface area contributed by atoms with Crippen molar-refractivity contribution in [1.82, 2.24) is 4.41 Å². The fraction of sp³-hybridized carbons (Fsp3) is 0.100. The second-order valence-electron chi connectivity index (χ2n) is 3.21. The Morgan fingerprint density at radius 2 is 2.05 bits per heavy atom. The summed E-state index contributed by atoms with van der Waals surface area (Å²) in [6.07, 6.45) is -1.16. The third kappa shape index (κ3) is 4.85. The molecule has 19 heavy (non-hydrogen) atoms. The summed E-state index contributed by atoms with van der Waals surface area (Å²) in [7, 11) is 0. The highest BCUT2D eigenvalue weighted by atomic mass is 32.1. The van der Waals surface area contributed by atoms with Crippen LogP contribution in [0.5, 0.6) is 5.75 Å². The number of thiol groups is 1. The van der Waals surface area contributed by atoms with E-state index in [0.717, 1.165) is 6.07 Å². The molecule has 0 atom stereocenters. The summed E-state index contributed by atoms with van der Waals surface area (Å²) >= 11 is 3.49. The second-order valence-corrected chi connectivity index (χ2v) is 3.64. The molecule has 0 unspecified atom stereocenters. The summed E-state index contributed by atoms with van der Waals surface area (Å²) in [6, 6.07) is 5.23. The molecule has 1 amide bonds. The van der Waals surface area contributed by atoms with Gasteiger partial charge in [0.05, 0.1) is 5.56 Å². The molecule has 0 fully saturated rings. The Hall–Kier alpha value is -2.26. The van der Waals surface area contributed by atoms with Gasteiger partial charge in [0.1, 0.15) is 5.75 Å². The van der Waals surface area contributed by atoms with Crippen LogP contribution in [0.3, 0.4) is 0 Å². The normalized spacial score (nSPS) is 9.58. The Bertz CT molecular complexity index is 505. The van der Waals surface area contributed by atoms with Gasteiger partial charge in [0.15, 0.2) is 6.61 Å². The van der Waals surface area contributed by atoms with E-state index >= 15 is 0 Å². The van der Waals surface area contributed by atoms with Crippen molar-refractivity contribution in [2.75, 3.05) is 6.61 Å². The van der Waals surface area contributed by atoms with Crippen LogP contribution in [-0.2, 0) is 9.53 Å². The summed E-state index contributed by atoms with van der Waals surface area (Å²) in [5.74, 6) is 3.04. The van der Waals surface area contributed by atoms with Crippen molar-refractivity contribution in [1.29, 1.82) is 0 Å². The lowest BCUT2D eigenvalue weighted by atomic mass is 10.2. The molecule has 0 bridgehead atoms. The summed E-state index contributed by atoms with van der Waals surface area (Å²) in [6.45, 7) is -0.641.